The maximum Gasteiger partial charge on any atom is 0.410 e. The first-order valence-electron chi connectivity index (χ1n) is 17.4. The highest BCUT2D eigenvalue weighted by Gasteiger charge is 2.60. The van der Waals surface area contributed by atoms with Crippen LogP contribution in [0.4, 0.5) is 4.79 Å². The molecule has 9 heteroatoms. The number of allylic oxidation sites excluding steroid dienone is 3. The molecule has 46 heavy (non-hydrogen) atoms. The number of rotatable bonds is 4. The Morgan fingerprint density at radius 3 is 2.67 bits per heavy atom. The van der Waals surface area contributed by atoms with E-state index in [0.717, 1.165) is 62.5 Å². The van der Waals surface area contributed by atoms with E-state index in [2.05, 4.69) is 38.9 Å². The molecular formula is C37H50N2O6S. The molecule has 0 bridgehead atoms. The topological polar surface area (TPSA) is 94.5 Å². The number of fused-ring (bicyclic) bond motifs is 6. The summed E-state index contributed by atoms with van der Waals surface area (Å²) >= 11 is 0. The minimum Gasteiger partial charge on any atom is -0.445 e. The van der Waals surface area contributed by atoms with Crippen LogP contribution in [0.1, 0.15) is 84.6 Å². The zero-order valence-electron chi connectivity index (χ0n) is 28.0. The number of carbonyl (C=O) groups excluding carboxylic acids is 1. The van der Waals surface area contributed by atoms with Crippen molar-refractivity contribution >= 4 is 21.9 Å². The second kappa shape index (κ2) is 11.8. The Morgan fingerprint density at radius 1 is 1.13 bits per heavy atom. The number of nitrogens with zero attached hydrogens (tertiary/aromatic N) is 2. The largest absolute Gasteiger partial charge is 0.445 e. The van der Waals surface area contributed by atoms with Crippen molar-refractivity contribution in [1.82, 2.24) is 4.90 Å². The Bertz CT molecular complexity index is 1550. The monoisotopic (exact) mass is 650 g/mol. The molecule has 1 aromatic rings. The summed E-state index contributed by atoms with van der Waals surface area (Å²) in [6.07, 6.45) is 13.4. The fourth-order valence-electron chi connectivity index (χ4n) is 10.6. The van der Waals surface area contributed by atoms with Crippen molar-refractivity contribution in [2.24, 2.45) is 46.1 Å². The third kappa shape index (κ3) is 5.63. The Kier molecular flexibility index (Phi) is 8.19. The van der Waals surface area contributed by atoms with E-state index < -0.39 is 10.1 Å². The van der Waals surface area contributed by atoms with E-state index in [0.29, 0.717) is 36.1 Å². The average molecular weight is 651 g/mol. The van der Waals surface area contributed by atoms with Gasteiger partial charge >= 0.3 is 16.2 Å². The normalized spacial score (nSPS) is 41.1. The number of hydrogen-bond donors (Lipinski definition) is 0. The number of carbonyl (C=O) groups is 1. The molecule has 0 N–H and O–H groups in total. The summed E-state index contributed by atoms with van der Waals surface area (Å²) in [5.74, 6) is 2.81. The summed E-state index contributed by atoms with van der Waals surface area (Å²) in [6, 6.07) is 9.95. The van der Waals surface area contributed by atoms with Crippen molar-refractivity contribution in [2.75, 3.05) is 12.8 Å². The summed E-state index contributed by atoms with van der Waals surface area (Å²) in [7, 11) is -3.61. The van der Waals surface area contributed by atoms with Gasteiger partial charge in [-0.3, -0.25) is 4.28 Å². The lowest BCUT2D eigenvalue weighted by molar-refractivity contribution is -0.0788. The lowest BCUT2D eigenvalue weighted by atomic mass is 9.54. The van der Waals surface area contributed by atoms with Gasteiger partial charge in [0.15, 0.2) is 0 Å². The molecule has 2 saturated heterocycles. The number of benzene rings is 1. The van der Waals surface area contributed by atoms with Crippen LogP contribution in [0.25, 0.3) is 0 Å². The first kappa shape index (κ1) is 31.9. The van der Waals surface area contributed by atoms with Gasteiger partial charge in [0.05, 0.1) is 29.7 Å². The molecule has 2 saturated carbocycles. The highest BCUT2D eigenvalue weighted by atomic mass is 32.2. The van der Waals surface area contributed by atoms with Gasteiger partial charge in [0.1, 0.15) is 6.61 Å². The van der Waals surface area contributed by atoms with Gasteiger partial charge in [0, 0.05) is 12.5 Å². The molecule has 10 atom stereocenters. The average Bonchev–Trinajstić information content (AvgIpc) is 3.48. The molecule has 0 radical (unpaired) electrons. The molecule has 1 amide bonds. The minimum absolute atomic E-state index is 0.0345. The second-order valence-electron chi connectivity index (χ2n) is 15.7. The minimum atomic E-state index is -3.61. The molecule has 2 aliphatic heterocycles. The van der Waals surface area contributed by atoms with Crippen LogP contribution in [0, 0.1) is 40.9 Å². The van der Waals surface area contributed by atoms with Crippen LogP contribution in [0.5, 0.6) is 0 Å². The molecule has 2 heterocycles. The van der Waals surface area contributed by atoms with Crippen LogP contribution in [0.2, 0.25) is 0 Å². The van der Waals surface area contributed by atoms with E-state index in [9.17, 15) is 13.2 Å². The zero-order chi connectivity index (χ0) is 32.4. The van der Waals surface area contributed by atoms with Crippen molar-refractivity contribution in [3.63, 3.8) is 0 Å². The number of ether oxygens (including phenoxy) is 2. The zero-order valence-corrected chi connectivity index (χ0v) is 28.8. The molecule has 4 fully saturated rings. The van der Waals surface area contributed by atoms with E-state index in [-0.39, 0.29) is 41.8 Å². The molecular weight excluding hydrogens is 600 g/mol. The van der Waals surface area contributed by atoms with Crippen LogP contribution in [0.15, 0.2) is 58.8 Å². The maximum atomic E-state index is 13.6. The molecule has 7 rings (SSSR count). The smallest absolute Gasteiger partial charge is 0.410 e. The molecule has 0 aromatic heterocycles. The van der Waals surface area contributed by atoms with E-state index in [1.807, 2.05) is 41.3 Å². The van der Waals surface area contributed by atoms with Crippen LogP contribution < -0.4 is 0 Å². The fraction of sp³-hybridized carbons (Fsp3) is 0.676. The lowest BCUT2D eigenvalue weighted by Crippen LogP contribution is -2.54. The van der Waals surface area contributed by atoms with E-state index in [4.69, 9.17) is 13.8 Å². The summed E-state index contributed by atoms with van der Waals surface area (Å²) in [4.78, 5) is 15.6. The van der Waals surface area contributed by atoms with Crippen LogP contribution in [-0.4, -0.2) is 55.7 Å². The van der Waals surface area contributed by atoms with Crippen LogP contribution >= 0.6 is 0 Å². The SMILES string of the molecule is CC1=C2C[C@H]3[C@@H](CC[C@@H]4C/C(=N\OS(C)(=O)=O)C=C[C@@]43C)[C@@H]2CC[C@@]2(C1)O[C@@H]1C[C@H](C)CN(C(=O)OCc3ccccc3)[C@H]1[C@H]2C. The maximum absolute atomic E-state index is 13.6. The number of piperidine rings is 1. The number of amides is 1. The molecule has 1 spiro atoms. The van der Waals surface area contributed by atoms with Gasteiger partial charge in [-0.25, -0.2) is 4.79 Å². The molecule has 250 valence electrons. The van der Waals surface area contributed by atoms with E-state index >= 15 is 0 Å². The Morgan fingerprint density at radius 2 is 1.91 bits per heavy atom. The third-order valence-electron chi connectivity index (χ3n) is 12.9. The highest BCUT2D eigenvalue weighted by Crippen LogP contribution is 2.64. The van der Waals surface area contributed by atoms with Crippen molar-refractivity contribution < 1.29 is 27.0 Å². The summed E-state index contributed by atoms with van der Waals surface area (Å²) in [5.41, 5.74) is 4.68. The van der Waals surface area contributed by atoms with Gasteiger partial charge < -0.3 is 14.4 Å². The van der Waals surface area contributed by atoms with Crippen LogP contribution in [-0.2, 0) is 30.5 Å². The van der Waals surface area contributed by atoms with Crippen LogP contribution in [0.3, 0.4) is 0 Å². The van der Waals surface area contributed by atoms with Gasteiger partial charge in [0.25, 0.3) is 0 Å². The van der Waals surface area contributed by atoms with Gasteiger partial charge in [-0.2, -0.15) is 8.42 Å². The van der Waals surface area contributed by atoms with Crippen molar-refractivity contribution in [3.05, 3.63) is 59.2 Å². The first-order chi connectivity index (χ1) is 21.9. The van der Waals surface area contributed by atoms with Gasteiger partial charge in [-0.15, -0.1) is 0 Å². The predicted molar refractivity (Wildman–Crippen MR) is 177 cm³/mol. The van der Waals surface area contributed by atoms with E-state index in [1.54, 1.807) is 5.57 Å². The van der Waals surface area contributed by atoms with Gasteiger partial charge in [0.2, 0.25) is 0 Å². The molecule has 1 aromatic carbocycles. The Hall–Kier alpha value is -2.65. The Labute approximate surface area is 274 Å². The van der Waals surface area contributed by atoms with Crippen molar-refractivity contribution in [2.45, 2.75) is 103 Å². The van der Waals surface area contributed by atoms with Gasteiger partial charge in [-0.05, 0) is 105 Å². The standard InChI is InChI=1S/C37H50N2O6S/c1-23-17-33-34(39(21-23)35(40)43-22-26-9-7-6-8-10-26)25(3)37(44-33)16-14-29-30-12-11-27-18-28(38-45-46(5,41)42)13-15-36(27,4)32(30)19-31(29)24(2)20-37/h6-10,13,15,23,25,27,29-30,32-34H,11-12,14,16-22H2,1-5H3/b38-28-/t23-,25+,27+,29-,30-,32-,33+,34-,36-,37-/m0/s1. The quantitative estimate of drug-likeness (QED) is 0.251. The summed E-state index contributed by atoms with van der Waals surface area (Å²) in [5, 5.41) is 3.97. The van der Waals surface area contributed by atoms with Gasteiger partial charge in [-0.1, -0.05) is 73.5 Å². The highest BCUT2D eigenvalue weighted by molar-refractivity contribution is 7.85. The third-order valence-corrected chi connectivity index (χ3v) is 13.2. The van der Waals surface area contributed by atoms with Crippen molar-refractivity contribution in [1.29, 1.82) is 0 Å². The fourth-order valence-corrected chi connectivity index (χ4v) is 10.9. The number of likely N-dealkylation sites (tertiary alicyclic amines) is 1. The second-order valence-corrected chi connectivity index (χ2v) is 17.2. The van der Waals surface area contributed by atoms with Crippen molar-refractivity contribution in [3.8, 4) is 0 Å². The summed E-state index contributed by atoms with van der Waals surface area (Å²) < 4.78 is 40.8. The molecule has 0 unspecified atom stereocenters. The predicted octanol–water partition coefficient (Wildman–Crippen LogP) is 7.27. The van der Waals surface area contributed by atoms with E-state index in [1.165, 1.54) is 12.0 Å². The summed E-state index contributed by atoms with van der Waals surface area (Å²) in [6.45, 7) is 10.3. The molecule has 6 aliphatic rings. The molecule has 8 nitrogen and oxygen atoms in total. The number of oxime groups is 1. The molecule has 4 aliphatic carbocycles. The lowest BCUT2D eigenvalue weighted by Gasteiger charge is -2.50. The first-order valence-corrected chi connectivity index (χ1v) is 19.2. The number of hydrogen-bond acceptors (Lipinski definition) is 7. The Balaban J connectivity index is 1.09.